The van der Waals surface area contributed by atoms with Crippen LogP contribution in [0.3, 0.4) is 0 Å². The highest BCUT2D eigenvalue weighted by Crippen LogP contribution is 2.29. The molecule has 5 heteroatoms. The van der Waals surface area contributed by atoms with Crippen molar-refractivity contribution in [2.45, 2.75) is 31.4 Å². The number of benzene rings is 1. The number of likely N-dealkylation sites (N-methyl/N-ethyl adjacent to an activating group) is 1. The molecule has 1 unspecified atom stereocenters. The molecule has 0 spiro atoms. The molecule has 20 heavy (non-hydrogen) atoms. The van der Waals surface area contributed by atoms with Gasteiger partial charge in [-0.2, -0.15) is 0 Å². The van der Waals surface area contributed by atoms with E-state index in [2.05, 4.69) is 5.32 Å². The van der Waals surface area contributed by atoms with Crippen LogP contribution >= 0.6 is 12.4 Å². The van der Waals surface area contributed by atoms with E-state index in [0.29, 0.717) is 12.5 Å². The maximum absolute atomic E-state index is 12.5. The summed E-state index contributed by atoms with van der Waals surface area (Å²) in [6.45, 7) is 1.99. The standard InChI is InChI=1S/C15H20N2O2.ClH/c1-17(12-6-8-16-9-7-12)15(18)14-10-11-4-2-3-5-13(11)19-14;/h2-5,12,14,16H,6-10H2,1H3;1H. The molecule has 1 aromatic rings. The zero-order valence-electron chi connectivity index (χ0n) is 11.7. The molecule has 0 aliphatic carbocycles. The number of nitrogens with one attached hydrogen (secondary N) is 1. The predicted molar refractivity (Wildman–Crippen MR) is 80.5 cm³/mol. The number of hydrogen-bond donors (Lipinski definition) is 1. The number of carbonyl (C=O) groups excluding carboxylic acids is 1. The van der Waals surface area contributed by atoms with E-state index in [1.807, 2.05) is 36.2 Å². The lowest BCUT2D eigenvalue weighted by Crippen LogP contribution is -2.48. The first kappa shape index (κ1) is 15.1. The lowest BCUT2D eigenvalue weighted by molar-refractivity contribution is -0.139. The molecule has 1 amide bonds. The number of hydrogen-bond acceptors (Lipinski definition) is 3. The van der Waals surface area contributed by atoms with Crippen molar-refractivity contribution in [3.63, 3.8) is 0 Å². The van der Waals surface area contributed by atoms with Crippen molar-refractivity contribution in [2.75, 3.05) is 20.1 Å². The molecule has 0 aromatic heterocycles. The van der Waals surface area contributed by atoms with Crippen LogP contribution in [0.25, 0.3) is 0 Å². The van der Waals surface area contributed by atoms with Crippen LogP contribution in [0, 0.1) is 0 Å². The van der Waals surface area contributed by atoms with E-state index in [1.54, 1.807) is 0 Å². The summed E-state index contributed by atoms with van der Waals surface area (Å²) in [7, 11) is 1.91. The number of amides is 1. The molecular weight excluding hydrogens is 276 g/mol. The smallest absolute Gasteiger partial charge is 0.263 e. The third-order valence-electron chi connectivity index (χ3n) is 4.13. The van der Waals surface area contributed by atoms with E-state index in [9.17, 15) is 4.79 Å². The Hall–Kier alpha value is -1.26. The van der Waals surface area contributed by atoms with Gasteiger partial charge in [0.1, 0.15) is 5.75 Å². The number of para-hydroxylation sites is 1. The van der Waals surface area contributed by atoms with Crippen LogP contribution in [-0.4, -0.2) is 43.1 Å². The summed E-state index contributed by atoms with van der Waals surface area (Å²) in [6.07, 6.45) is 2.42. The van der Waals surface area contributed by atoms with Gasteiger partial charge in [-0.05, 0) is 37.6 Å². The lowest BCUT2D eigenvalue weighted by atomic mass is 10.0. The first-order valence-corrected chi connectivity index (χ1v) is 6.97. The summed E-state index contributed by atoms with van der Waals surface area (Å²) in [4.78, 5) is 14.4. The van der Waals surface area contributed by atoms with Gasteiger partial charge in [-0.15, -0.1) is 12.4 Å². The van der Waals surface area contributed by atoms with Crippen LogP contribution in [0.4, 0.5) is 0 Å². The van der Waals surface area contributed by atoms with Crippen LogP contribution < -0.4 is 10.1 Å². The zero-order chi connectivity index (χ0) is 13.2. The van der Waals surface area contributed by atoms with E-state index in [1.165, 1.54) is 0 Å². The van der Waals surface area contributed by atoms with Gasteiger partial charge >= 0.3 is 0 Å². The van der Waals surface area contributed by atoms with Crippen molar-refractivity contribution in [2.24, 2.45) is 0 Å². The Bertz CT molecular complexity index is 450. The molecule has 0 bridgehead atoms. The molecule has 1 aromatic carbocycles. The van der Waals surface area contributed by atoms with Crippen LogP contribution in [0.2, 0.25) is 0 Å². The molecule has 1 atom stereocenters. The molecule has 0 radical (unpaired) electrons. The summed E-state index contributed by atoms with van der Waals surface area (Å²) in [6, 6.07) is 8.26. The Morgan fingerprint density at radius 2 is 2.00 bits per heavy atom. The number of ether oxygens (including phenoxy) is 1. The third kappa shape index (κ3) is 2.91. The maximum atomic E-state index is 12.5. The third-order valence-corrected chi connectivity index (χ3v) is 4.13. The molecule has 110 valence electrons. The highest BCUT2D eigenvalue weighted by molar-refractivity contribution is 5.85. The summed E-state index contributed by atoms with van der Waals surface area (Å²) >= 11 is 0. The summed E-state index contributed by atoms with van der Waals surface area (Å²) in [5, 5.41) is 3.32. The molecule has 2 heterocycles. The van der Waals surface area contributed by atoms with Gasteiger partial charge in [-0.25, -0.2) is 0 Å². The molecule has 2 aliphatic heterocycles. The Labute approximate surface area is 125 Å². The van der Waals surface area contributed by atoms with Crippen molar-refractivity contribution < 1.29 is 9.53 Å². The van der Waals surface area contributed by atoms with Gasteiger partial charge in [0.05, 0.1) is 0 Å². The van der Waals surface area contributed by atoms with E-state index in [4.69, 9.17) is 4.74 Å². The monoisotopic (exact) mass is 296 g/mol. The molecule has 2 aliphatic rings. The first-order valence-electron chi connectivity index (χ1n) is 6.97. The minimum absolute atomic E-state index is 0. The Morgan fingerprint density at radius 1 is 1.30 bits per heavy atom. The molecular formula is C15H21ClN2O2. The zero-order valence-corrected chi connectivity index (χ0v) is 12.5. The molecule has 3 rings (SSSR count). The SMILES string of the molecule is CN(C(=O)C1Cc2ccccc2O1)C1CCNCC1.Cl. The number of carbonyl (C=O) groups is 1. The van der Waals surface area contributed by atoms with Crippen molar-refractivity contribution in [3.8, 4) is 5.75 Å². The minimum atomic E-state index is -0.336. The highest BCUT2D eigenvalue weighted by atomic mass is 35.5. The maximum Gasteiger partial charge on any atom is 0.263 e. The molecule has 4 nitrogen and oxygen atoms in total. The van der Waals surface area contributed by atoms with Gasteiger partial charge in [0.25, 0.3) is 5.91 Å². The average molecular weight is 297 g/mol. The van der Waals surface area contributed by atoms with E-state index in [-0.39, 0.29) is 24.4 Å². The molecule has 1 saturated heterocycles. The molecule has 0 saturated carbocycles. The van der Waals surface area contributed by atoms with E-state index < -0.39 is 0 Å². The fraction of sp³-hybridized carbons (Fsp3) is 0.533. The average Bonchev–Trinajstić information content (AvgIpc) is 2.90. The summed E-state index contributed by atoms with van der Waals surface area (Å²) in [5.74, 6) is 0.975. The van der Waals surface area contributed by atoms with Gasteiger partial charge < -0.3 is 15.0 Å². The highest BCUT2D eigenvalue weighted by Gasteiger charge is 2.33. The van der Waals surface area contributed by atoms with Gasteiger partial charge in [-0.3, -0.25) is 4.79 Å². The molecule has 1 N–H and O–H groups in total. The lowest BCUT2D eigenvalue weighted by Gasteiger charge is -2.32. The summed E-state index contributed by atoms with van der Waals surface area (Å²) in [5.41, 5.74) is 1.14. The van der Waals surface area contributed by atoms with Gasteiger partial charge in [-0.1, -0.05) is 18.2 Å². The normalized spacial score (nSPS) is 21.6. The molecule has 1 fully saturated rings. The van der Waals surface area contributed by atoms with Gasteiger partial charge in [0.2, 0.25) is 0 Å². The second kappa shape index (κ2) is 6.46. The topological polar surface area (TPSA) is 41.6 Å². The van der Waals surface area contributed by atoms with E-state index in [0.717, 1.165) is 37.2 Å². The number of halogens is 1. The number of fused-ring (bicyclic) bond motifs is 1. The van der Waals surface area contributed by atoms with Gasteiger partial charge in [0, 0.05) is 19.5 Å². The van der Waals surface area contributed by atoms with Crippen LogP contribution in [0.15, 0.2) is 24.3 Å². The number of piperidine rings is 1. The Kier molecular flexibility index (Phi) is 4.89. The summed E-state index contributed by atoms with van der Waals surface area (Å²) < 4.78 is 5.77. The minimum Gasteiger partial charge on any atom is -0.480 e. The van der Waals surface area contributed by atoms with Gasteiger partial charge in [0.15, 0.2) is 6.10 Å². The van der Waals surface area contributed by atoms with Crippen LogP contribution in [-0.2, 0) is 11.2 Å². The fourth-order valence-electron chi connectivity index (χ4n) is 2.92. The number of rotatable bonds is 2. The van der Waals surface area contributed by atoms with Crippen LogP contribution in [0.1, 0.15) is 18.4 Å². The predicted octanol–water partition coefficient (Wildman–Crippen LogP) is 1.62. The fourth-order valence-corrected chi connectivity index (χ4v) is 2.92. The van der Waals surface area contributed by atoms with Crippen LogP contribution in [0.5, 0.6) is 5.75 Å². The van der Waals surface area contributed by atoms with Crippen molar-refractivity contribution in [1.82, 2.24) is 10.2 Å². The van der Waals surface area contributed by atoms with Crippen molar-refractivity contribution >= 4 is 18.3 Å². The second-order valence-corrected chi connectivity index (χ2v) is 5.35. The van der Waals surface area contributed by atoms with Crippen molar-refractivity contribution in [1.29, 1.82) is 0 Å². The van der Waals surface area contributed by atoms with E-state index >= 15 is 0 Å². The Balaban J connectivity index is 0.00000147. The quantitative estimate of drug-likeness (QED) is 0.902. The van der Waals surface area contributed by atoms with Crippen molar-refractivity contribution in [3.05, 3.63) is 29.8 Å². The second-order valence-electron chi connectivity index (χ2n) is 5.35. The first-order chi connectivity index (χ1) is 9.25. The Morgan fingerprint density at radius 3 is 2.70 bits per heavy atom. The number of nitrogens with zero attached hydrogens (tertiary/aromatic N) is 1. The largest absolute Gasteiger partial charge is 0.480 e.